The molecule has 0 saturated carbocycles. The van der Waals surface area contributed by atoms with E-state index in [9.17, 15) is 18.0 Å². The third kappa shape index (κ3) is 4.60. The summed E-state index contributed by atoms with van der Waals surface area (Å²) in [6.07, 6.45) is -0.364. The molecule has 9 heteroatoms. The number of hydrogen-bond acceptors (Lipinski definition) is 6. The number of benzene rings is 1. The molecule has 0 radical (unpaired) electrons. The Morgan fingerprint density at radius 2 is 1.73 bits per heavy atom. The van der Waals surface area contributed by atoms with Crippen LogP contribution in [0.4, 0.5) is 0 Å². The standard InChI is InChI=1S/C17H24N2O6S/c1-11-9-19(10-12(2)25-11)26(22,23)15-7-5-14(6-8-15)16(20)18-13(3)17(21)24-4/h5-8,11-13H,9-10H2,1-4H3,(H,18,20)/t11-,12-,13+/m1/s1. The maximum atomic E-state index is 12.8. The molecular formula is C17H24N2O6S. The van der Waals surface area contributed by atoms with E-state index in [0.717, 1.165) is 0 Å². The summed E-state index contributed by atoms with van der Waals surface area (Å²) < 4.78 is 37.1. The Bertz CT molecular complexity index is 752. The van der Waals surface area contributed by atoms with Crippen LogP contribution in [0.25, 0.3) is 0 Å². The molecule has 1 N–H and O–H groups in total. The van der Waals surface area contributed by atoms with E-state index in [2.05, 4.69) is 10.1 Å². The van der Waals surface area contributed by atoms with E-state index in [1.807, 2.05) is 13.8 Å². The van der Waals surface area contributed by atoms with E-state index >= 15 is 0 Å². The molecule has 1 fully saturated rings. The summed E-state index contributed by atoms with van der Waals surface area (Å²) in [5.41, 5.74) is 0.253. The number of nitrogens with one attached hydrogen (secondary N) is 1. The number of sulfonamides is 1. The molecule has 1 aliphatic heterocycles. The normalized spacial score (nSPS) is 22.5. The van der Waals surface area contributed by atoms with Crippen molar-refractivity contribution in [3.63, 3.8) is 0 Å². The average Bonchev–Trinajstić information content (AvgIpc) is 2.60. The van der Waals surface area contributed by atoms with E-state index in [0.29, 0.717) is 0 Å². The highest BCUT2D eigenvalue weighted by Gasteiger charge is 2.32. The van der Waals surface area contributed by atoms with Crippen molar-refractivity contribution >= 4 is 21.9 Å². The Balaban J connectivity index is 2.13. The molecule has 0 bridgehead atoms. The number of ether oxygens (including phenoxy) is 2. The van der Waals surface area contributed by atoms with Crippen LogP contribution in [0, 0.1) is 0 Å². The second-order valence-electron chi connectivity index (χ2n) is 6.32. The smallest absolute Gasteiger partial charge is 0.328 e. The second kappa shape index (κ2) is 8.15. The molecule has 1 amide bonds. The summed E-state index contributed by atoms with van der Waals surface area (Å²) in [7, 11) is -2.43. The highest BCUT2D eigenvalue weighted by Crippen LogP contribution is 2.21. The van der Waals surface area contributed by atoms with Gasteiger partial charge in [-0.05, 0) is 45.0 Å². The number of morpholine rings is 1. The number of carbonyl (C=O) groups excluding carboxylic acids is 2. The zero-order valence-electron chi connectivity index (χ0n) is 15.3. The third-order valence-electron chi connectivity index (χ3n) is 4.04. The first kappa shape index (κ1) is 20.3. The molecule has 26 heavy (non-hydrogen) atoms. The van der Waals surface area contributed by atoms with Gasteiger partial charge in [-0.1, -0.05) is 0 Å². The van der Waals surface area contributed by atoms with Gasteiger partial charge in [0.1, 0.15) is 6.04 Å². The van der Waals surface area contributed by atoms with Gasteiger partial charge in [0.25, 0.3) is 5.91 Å². The minimum atomic E-state index is -3.66. The summed E-state index contributed by atoms with van der Waals surface area (Å²) >= 11 is 0. The van der Waals surface area contributed by atoms with Crippen LogP contribution in [0.15, 0.2) is 29.2 Å². The van der Waals surface area contributed by atoms with Crippen LogP contribution < -0.4 is 5.32 Å². The van der Waals surface area contributed by atoms with Crippen molar-refractivity contribution in [2.75, 3.05) is 20.2 Å². The van der Waals surface area contributed by atoms with Crippen molar-refractivity contribution in [1.82, 2.24) is 9.62 Å². The van der Waals surface area contributed by atoms with Gasteiger partial charge in [0.2, 0.25) is 10.0 Å². The first-order chi connectivity index (χ1) is 12.1. The van der Waals surface area contributed by atoms with E-state index in [1.165, 1.54) is 42.6 Å². The fourth-order valence-corrected chi connectivity index (χ4v) is 4.36. The maximum absolute atomic E-state index is 12.8. The first-order valence-electron chi connectivity index (χ1n) is 8.29. The van der Waals surface area contributed by atoms with E-state index in [-0.39, 0.29) is 35.8 Å². The van der Waals surface area contributed by atoms with Crippen LogP contribution in [0.1, 0.15) is 31.1 Å². The molecule has 3 atom stereocenters. The van der Waals surface area contributed by atoms with Crippen LogP contribution in [-0.2, 0) is 24.3 Å². The Kier molecular flexibility index (Phi) is 6.38. The molecule has 0 unspecified atom stereocenters. The number of nitrogens with zero attached hydrogens (tertiary/aromatic N) is 1. The van der Waals surface area contributed by atoms with Crippen molar-refractivity contribution in [3.8, 4) is 0 Å². The summed E-state index contributed by atoms with van der Waals surface area (Å²) in [6, 6.07) is 4.81. The molecule has 1 heterocycles. The lowest BCUT2D eigenvalue weighted by Crippen LogP contribution is -2.48. The fraction of sp³-hybridized carbons (Fsp3) is 0.529. The highest BCUT2D eigenvalue weighted by atomic mass is 32.2. The lowest BCUT2D eigenvalue weighted by atomic mass is 10.2. The summed E-state index contributed by atoms with van der Waals surface area (Å²) in [5, 5.41) is 2.49. The molecule has 0 aromatic heterocycles. The number of methoxy groups -OCH3 is 1. The summed E-state index contributed by atoms with van der Waals surface area (Å²) in [6.45, 7) is 5.72. The zero-order chi connectivity index (χ0) is 19.5. The molecule has 0 spiro atoms. The fourth-order valence-electron chi connectivity index (χ4n) is 2.77. The van der Waals surface area contributed by atoms with E-state index < -0.39 is 27.9 Å². The predicted octanol–water partition coefficient (Wildman–Crippen LogP) is 0.776. The van der Waals surface area contributed by atoms with E-state index in [4.69, 9.17) is 4.74 Å². The van der Waals surface area contributed by atoms with Gasteiger partial charge in [0.05, 0.1) is 24.2 Å². The Hall–Kier alpha value is -1.97. The minimum Gasteiger partial charge on any atom is -0.467 e. The van der Waals surface area contributed by atoms with Gasteiger partial charge < -0.3 is 14.8 Å². The topological polar surface area (TPSA) is 102 Å². The van der Waals surface area contributed by atoms with Crippen molar-refractivity contribution in [3.05, 3.63) is 29.8 Å². The van der Waals surface area contributed by atoms with Gasteiger partial charge in [0, 0.05) is 18.7 Å². The third-order valence-corrected chi connectivity index (χ3v) is 5.89. The Morgan fingerprint density at radius 3 is 2.23 bits per heavy atom. The van der Waals surface area contributed by atoms with Gasteiger partial charge in [-0.25, -0.2) is 13.2 Å². The summed E-state index contributed by atoms with van der Waals surface area (Å²) in [4.78, 5) is 23.6. The molecule has 2 rings (SSSR count). The number of rotatable bonds is 5. The average molecular weight is 384 g/mol. The Morgan fingerprint density at radius 1 is 1.19 bits per heavy atom. The maximum Gasteiger partial charge on any atom is 0.328 e. The van der Waals surface area contributed by atoms with Crippen LogP contribution in [-0.4, -0.2) is 63.0 Å². The molecule has 1 aromatic carbocycles. The monoisotopic (exact) mass is 384 g/mol. The molecule has 0 aliphatic carbocycles. The summed E-state index contributed by atoms with van der Waals surface area (Å²) in [5.74, 6) is -1.05. The van der Waals surface area contributed by atoms with Crippen molar-refractivity contribution < 1.29 is 27.5 Å². The SMILES string of the molecule is COC(=O)[C@H](C)NC(=O)c1ccc(S(=O)(=O)N2C[C@@H](C)O[C@H](C)C2)cc1. The van der Waals surface area contributed by atoms with Gasteiger partial charge in [0.15, 0.2) is 0 Å². The van der Waals surface area contributed by atoms with Crippen molar-refractivity contribution in [1.29, 1.82) is 0 Å². The molecular weight excluding hydrogens is 360 g/mol. The largest absolute Gasteiger partial charge is 0.467 e. The van der Waals surface area contributed by atoms with Crippen LogP contribution in [0.5, 0.6) is 0 Å². The van der Waals surface area contributed by atoms with Crippen LogP contribution in [0.2, 0.25) is 0 Å². The van der Waals surface area contributed by atoms with Gasteiger partial charge >= 0.3 is 5.97 Å². The lowest BCUT2D eigenvalue weighted by molar-refractivity contribution is -0.142. The predicted molar refractivity (Wildman–Crippen MR) is 94.2 cm³/mol. The quantitative estimate of drug-likeness (QED) is 0.753. The van der Waals surface area contributed by atoms with Gasteiger partial charge in [-0.15, -0.1) is 0 Å². The van der Waals surface area contributed by atoms with Crippen LogP contribution in [0.3, 0.4) is 0 Å². The number of hydrogen-bond donors (Lipinski definition) is 1. The lowest BCUT2D eigenvalue weighted by Gasteiger charge is -2.34. The Labute approximate surface area is 153 Å². The molecule has 144 valence electrons. The van der Waals surface area contributed by atoms with E-state index in [1.54, 1.807) is 0 Å². The van der Waals surface area contributed by atoms with Crippen LogP contribution >= 0.6 is 0 Å². The number of carbonyl (C=O) groups is 2. The van der Waals surface area contributed by atoms with Crippen molar-refractivity contribution in [2.24, 2.45) is 0 Å². The minimum absolute atomic E-state index is 0.108. The molecule has 1 aliphatic rings. The zero-order valence-corrected chi connectivity index (χ0v) is 16.1. The highest BCUT2D eigenvalue weighted by molar-refractivity contribution is 7.89. The van der Waals surface area contributed by atoms with Crippen molar-refractivity contribution in [2.45, 2.75) is 43.9 Å². The molecule has 1 saturated heterocycles. The second-order valence-corrected chi connectivity index (χ2v) is 8.26. The van der Waals surface area contributed by atoms with Gasteiger partial charge in [-0.2, -0.15) is 4.31 Å². The molecule has 8 nitrogen and oxygen atoms in total. The number of amides is 1. The van der Waals surface area contributed by atoms with Gasteiger partial charge in [-0.3, -0.25) is 4.79 Å². The first-order valence-corrected chi connectivity index (χ1v) is 9.73. The number of esters is 1. The molecule has 1 aromatic rings.